The summed E-state index contributed by atoms with van der Waals surface area (Å²) in [6, 6.07) is 0.380. The quantitative estimate of drug-likeness (QED) is 0.437. The Labute approximate surface area is 62.4 Å². The number of hydrogen-bond donors (Lipinski definition) is 0. The molecule has 0 amide bonds. The molecule has 0 spiro atoms. The molecule has 1 aliphatic carbocycles. The molecule has 0 heterocycles. The third kappa shape index (κ3) is 1.91. The van der Waals surface area contributed by atoms with E-state index in [0.29, 0.717) is 6.04 Å². The lowest BCUT2D eigenvalue weighted by Crippen LogP contribution is -2.27. The summed E-state index contributed by atoms with van der Waals surface area (Å²) >= 11 is 0. The Balaban J connectivity index is 2.26. The van der Waals surface area contributed by atoms with E-state index in [1.807, 2.05) is 4.90 Å². The first-order valence-corrected chi connectivity index (χ1v) is 3.90. The standard InChI is InChI=1S/C8H14N2/c1-7(2)10(6-9)5-8-3-4-8/h7-8H,3-5H2,1-2H3. The van der Waals surface area contributed by atoms with E-state index in [2.05, 4.69) is 20.0 Å². The summed E-state index contributed by atoms with van der Waals surface area (Å²) in [4.78, 5) is 1.86. The van der Waals surface area contributed by atoms with Gasteiger partial charge in [0.2, 0.25) is 0 Å². The van der Waals surface area contributed by atoms with Crippen LogP contribution in [-0.2, 0) is 0 Å². The fraction of sp³-hybridized carbons (Fsp3) is 0.875. The Morgan fingerprint density at radius 2 is 2.20 bits per heavy atom. The number of rotatable bonds is 3. The van der Waals surface area contributed by atoms with Crippen LogP contribution < -0.4 is 0 Å². The number of nitriles is 1. The van der Waals surface area contributed by atoms with E-state index < -0.39 is 0 Å². The van der Waals surface area contributed by atoms with Gasteiger partial charge < -0.3 is 4.90 Å². The van der Waals surface area contributed by atoms with Crippen LogP contribution >= 0.6 is 0 Å². The van der Waals surface area contributed by atoms with Gasteiger partial charge in [-0.2, -0.15) is 5.26 Å². The average Bonchev–Trinajstić information content (AvgIpc) is 2.64. The van der Waals surface area contributed by atoms with Gasteiger partial charge in [-0.05, 0) is 32.6 Å². The summed E-state index contributed by atoms with van der Waals surface area (Å²) in [7, 11) is 0. The maximum Gasteiger partial charge on any atom is 0.179 e. The fourth-order valence-electron chi connectivity index (χ4n) is 0.946. The van der Waals surface area contributed by atoms with Crippen LogP contribution in [0.4, 0.5) is 0 Å². The minimum absolute atomic E-state index is 0.380. The summed E-state index contributed by atoms with van der Waals surface area (Å²) in [5, 5.41) is 8.65. The average molecular weight is 138 g/mol. The van der Waals surface area contributed by atoms with Crippen molar-refractivity contribution in [2.45, 2.75) is 32.7 Å². The van der Waals surface area contributed by atoms with Gasteiger partial charge in [0.15, 0.2) is 6.19 Å². The van der Waals surface area contributed by atoms with E-state index in [1.54, 1.807) is 0 Å². The van der Waals surface area contributed by atoms with Gasteiger partial charge in [0, 0.05) is 12.6 Å². The molecule has 0 atom stereocenters. The van der Waals surface area contributed by atoms with Gasteiger partial charge in [0.1, 0.15) is 0 Å². The van der Waals surface area contributed by atoms with Crippen molar-refractivity contribution in [2.24, 2.45) is 5.92 Å². The van der Waals surface area contributed by atoms with E-state index in [4.69, 9.17) is 5.26 Å². The third-order valence-corrected chi connectivity index (χ3v) is 1.90. The fourth-order valence-corrected chi connectivity index (χ4v) is 0.946. The van der Waals surface area contributed by atoms with Crippen molar-refractivity contribution in [3.05, 3.63) is 0 Å². The topological polar surface area (TPSA) is 27.0 Å². The zero-order valence-electron chi connectivity index (χ0n) is 6.67. The first-order valence-electron chi connectivity index (χ1n) is 3.90. The summed E-state index contributed by atoms with van der Waals surface area (Å²) < 4.78 is 0. The molecule has 0 radical (unpaired) electrons. The zero-order valence-corrected chi connectivity index (χ0v) is 6.67. The van der Waals surface area contributed by atoms with Crippen molar-refractivity contribution in [3.8, 4) is 6.19 Å². The van der Waals surface area contributed by atoms with Crippen molar-refractivity contribution in [2.75, 3.05) is 6.54 Å². The van der Waals surface area contributed by atoms with Gasteiger partial charge in [0.25, 0.3) is 0 Å². The zero-order chi connectivity index (χ0) is 7.56. The molecule has 1 fully saturated rings. The van der Waals surface area contributed by atoms with Gasteiger partial charge in [-0.15, -0.1) is 0 Å². The summed E-state index contributed by atoms with van der Waals surface area (Å²) in [5.41, 5.74) is 0. The lowest BCUT2D eigenvalue weighted by atomic mass is 10.3. The molecule has 0 bridgehead atoms. The second kappa shape index (κ2) is 2.92. The maximum atomic E-state index is 8.65. The second-order valence-corrected chi connectivity index (χ2v) is 3.29. The summed E-state index contributed by atoms with van der Waals surface area (Å²) in [6.45, 7) is 5.10. The van der Waals surface area contributed by atoms with Crippen molar-refractivity contribution in [1.29, 1.82) is 5.26 Å². The van der Waals surface area contributed by atoms with Crippen LogP contribution in [-0.4, -0.2) is 17.5 Å². The molecule has 56 valence electrons. The Hall–Kier alpha value is -0.710. The molecule has 0 aromatic heterocycles. The lowest BCUT2D eigenvalue weighted by Gasteiger charge is -2.18. The molecule has 0 aromatic carbocycles. The molecule has 0 aliphatic heterocycles. The molecular weight excluding hydrogens is 124 g/mol. The predicted molar refractivity (Wildman–Crippen MR) is 40.2 cm³/mol. The van der Waals surface area contributed by atoms with E-state index in [0.717, 1.165) is 12.5 Å². The van der Waals surface area contributed by atoms with Crippen LogP contribution in [0.5, 0.6) is 0 Å². The molecule has 0 aromatic rings. The molecule has 0 unspecified atom stereocenters. The smallest absolute Gasteiger partial charge is 0.179 e. The first kappa shape index (κ1) is 7.40. The molecule has 2 nitrogen and oxygen atoms in total. The highest BCUT2D eigenvalue weighted by molar-refractivity contribution is 4.84. The molecular formula is C8H14N2. The Bertz CT molecular complexity index is 142. The van der Waals surface area contributed by atoms with Crippen molar-refractivity contribution in [3.63, 3.8) is 0 Å². The van der Waals surface area contributed by atoms with Gasteiger partial charge >= 0.3 is 0 Å². The monoisotopic (exact) mass is 138 g/mol. The summed E-state index contributed by atoms with van der Waals surface area (Å²) in [6.07, 6.45) is 4.85. The highest BCUT2D eigenvalue weighted by atomic mass is 15.1. The third-order valence-electron chi connectivity index (χ3n) is 1.90. The van der Waals surface area contributed by atoms with E-state index in [9.17, 15) is 0 Å². The molecule has 2 heteroatoms. The van der Waals surface area contributed by atoms with E-state index in [-0.39, 0.29) is 0 Å². The van der Waals surface area contributed by atoms with Gasteiger partial charge in [-0.3, -0.25) is 0 Å². The number of hydrogen-bond acceptors (Lipinski definition) is 2. The SMILES string of the molecule is CC(C)N(C#N)CC1CC1. The lowest BCUT2D eigenvalue weighted by molar-refractivity contribution is 0.313. The predicted octanol–water partition coefficient (Wildman–Crippen LogP) is 1.59. The van der Waals surface area contributed by atoms with Crippen LogP contribution in [0.15, 0.2) is 0 Å². The van der Waals surface area contributed by atoms with Crippen LogP contribution in [0.25, 0.3) is 0 Å². The molecule has 1 saturated carbocycles. The van der Waals surface area contributed by atoms with Crippen molar-refractivity contribution >= 4 is 0 Å². The first-order chi connectivity index (χ1) is 4.74. The van der Waals surface area contributed by atoms with Crippen LogP contribution in [0, 0.1) is 17.4 Å². The van der Waals surface area contributed by atoms with Gasteiger partial charge in [-0.1, -0.05) is 0 Å². The van der Waals surface area contributed by atoms with Crippen LogP contribution in [0.2, 0.25) is 0 Å². The maximum absolute atomic E-state index is 8.65. The van der Waals surface area contributed by atoms with Gasteiger partial charge in [-0.25, -0.2) is 0 Å². The normalized spacial score (nSPS) is 17.0. The Kier molecular flexibility index (Phi) is 2.16. The number of nitrogens with zero attached hydrogens (tertiary/aromatic N) is 2. The largest absolute Gasteiger partial charge is 0.308 e. The highest BCUT2D eigenvalue weighted by Gasteiger charge is 2.24. The van der Waals surface area contributed by atoms with Gasteiger partial charge in [0.05, 0.1) is 0 Å². The Morgan fingerprint density at radius 1 is 1.60 bits per heavy atom. The van der Waals surface area contributed by atoms with Crippen LogP contribution in [0.3, 0.4) is 0 Å². The van der Waals surface area contributed by atoms with Crippen molar-refractivity contribution in [1.82, 2.24) is 4.90 Å². The molecule has 10 heavy (non-hydrogen) atoms. The Morgan fingerprint density at radius 3 is 2.50 bits per heavy atom. The second-order valence-electron chi connectivity index (χ2n) is 3.29. The minimum atomic E-state index is 0.380. The molecule has 1 rings (SSSR count). The minimum Gasteiger partial charge on any atom is -0.308 e. The summed E-state index contributed by atoms with van der Waals surface area (Å²) in [5.74, 6) is 0.821. The van der Waals surface area contributed by atoms with Crippen molar-refractivity contribution < 1.29 is 0 Å². The highest BCUT2D eigenvalue weighted by Crippen LogP contribution is 2.29. The molecule has 0 N–H and O–H groups in total. The van der Waals surface area contributed by atoms with Crippen LogP contribution in [0.1, 0.15) is 26.7 Å². The van der Waals surface area contributed by atoms with E-state index >= 15 is 0 Å². The molecule has 0 saturated heterocycles. The van der Waals surface area contributed by atoms with E-state index in [1.165, 1.54) is 12.8 Å². The molecule has 1 aliphatic rings.